The fourth-order valence-electron chi connectivity index (χ4n) is 1.26. The van der Waals surface area contributed by atoms with E-state index in [-0.39, 0.29) is 15.1 Å². The zero-order valence-electron chi connectivity index (χ0n) is 8.30. The van der Waals surface area contributed by atoms with Gasteiger partial charge in [0.05, 0.1) is 17.0 Å². The molecular formula is C10H13N2O2. The van der Waals surface area contributed by atoms with E-state index < -0.39 is 0 Å². The Bertz CT molecular complexity index is 342. The van der Waals surface area contributed by atoms with Crippen LogP contribution in [0.25, 0.3) is 0 Å². The van der Waals surface area contributed by atoms with Crippen LogP contribution in [0, 0.1) is 17.2 Å². The molecule has 1 rings (SSSR count). The molecule has 0 amide bonds. The van der Waals surface area contributed by atoms with E-state index in [1.165, 1.54) is 6.07 Å². The first-order valence-corrected chi connectivity index (χ1v) is 4.24. The number of nitro benzene ring substituents is 1. The second-order valence-electron chi connectivity index (χ2n) is 3.82. The minimum atomic E-state index is -0.384. The van der Waals surface area contributed by atoms with Gasteiger partial charge < -0.3 is 4.48 Å². The van der Waals surface area contributed by atoms with Crippen molar-refractivity contribution in [3.63, 3.8) is 0 Å². The molecule has 0 aliphatic carbocycles. The van der Waals surface area contributed by atoms with Crippen LogP contribution in [-0.4, -0.2) is 23.5 Å². The van der Waals surface area contributed by atoms with E-state index in [0.717, 1.165) is 0 Å². The van der Waals surface area contributed by atoms with Crippen molar-refractivity contribution < 1.29 is 9.41 Å². The molecule has 1 aromatic rings. The molecule has 0 bridgehead atoms. The van der Waals surface area contributed by atoms with Crippen LogP contribution in [0.3, 0.4) is 0 Å². The first-order chi connectivity index (χ1) is 6.40. The fourth-order valence-corrected chi connectivity index (χ4v) is 1.26. The van der Waals surface area contributed by atoms with Crippen LogP contribution in [0.15, 0.2) is 24.3 Å². The Hall–Kier alpha value is -1.42. The molecule has 0 aliphatic heterocycles. The van der Waals surface area contributed by atoms with Crippen LogP contribution < -0.4 is 0 Å². The third-order valence-corrected chi connectivity index (χ3v) is 1.77. The van der Waals surface area contributed by atoms with Gasteiger partial charge in [0, 0.05) is 20.2 Å². The molecular weight excluding hydrogens is 180 g/mol. The van der Waals surface area contributed by atoms with Gasteiger partial charge in [0.25, 0.3) is 5.69 Å². The standard InChI is InChI=1S/C10H13N2O2/c1-12(2,3)8-9-6-4-5-7-10(9)11(13)14/h1,4-7H,8H2,2-3H3. The number of hydrogen-bond acceptors (Lipinski definition) is 2. The first kappa shape index (κ1) is 10.7. The van der Waals surface area contributed by atoms with E-state index in [0.29, 0.717) is 12.1 Å². The predicted octanol–water partition coefficient (Wildman–Crippen LogP) is 1.84. The molecule has 1 aromatic carbocycles. The van der Waals surface area contributed by atoms with E-state index in [9.17, 15) is 10.1 Å². The second kappa shape index (κ2) is 3.75. The molecule has 0 saturated carbocycles. The maximum absolute atomic E-state index is 10.7. The summed E-state index contributed by atoms with van der Waals surface area (Å²) in [5.74, 6) is 0. The fraction of sp³-hybridized carbons (Fsp3) is 0.300. The third kappa shape index (κ3) is 2.81. The molecule has 4 nitrogen and oxygen atoms in total. The topological polar surface area (TPSA) is 43.1 Å². The van der Waals surface area contributed by atoms with E-state index in [2.05, 4.69) is 0 Å². The Labute approximate surface area is 83.5 Å². The smallest absolute Gasteiger partial charge is 0.278 e. The summed E-state index contributed by atoms with van der Waals surface area (Å²) in [6.45, 7) is 0.442. The summed E-state index contributed by atoms with van der Waals surface area (Å²) in [7, 11) is 9.33. The number of hydrogen-bond donors (Lipinski definition) is 0. The highest BCUT2D eigenvalue weighted by Gasteiger charge is 2.15. The van der Waals surface area contributed by atoms with Gasteiger partial charge in [0.15, 0.2) is 0 Å². The molecule has 0 spiro atoms. The van der Waals surface area contributed by atoms with Crippen LogP contribution in [0.5, 0.6) is 0 Å². The largest absolute Gasteiger partial charge is 0.477 e. The van der Waals surface area contributed by atoms with E-state index in [4.69, 9.17) is 7.05 Å². The highest BCUT2D eigenvalue weighted by atomic mass is 16.6. The predicted molar refractivity (Wildman–Crippen MR) is 53.2 cm³/mol. The lowest BCUT2D eigenvalue weighted by molar-refractivity contribution is -0.859. The van der Waals surface area contributed by atoms with Gasteiger partial charge in [0.2, 0.25) is 0 Å². The molecule has 4 heteroatoms. The number of nitro groups is 1. The van der Waals surface area contributed by atoms with Crippen molar-refractivity contribution in [3.05, 3.63) is 47.0 Å². The lowest BCUT2D eigenvalue weighted by atomic mass is 10.1. The summed E-state index contributed by atoms with van der Waals surface area (Å²) >= 11 is 0. The number of quaternary nitrogens is 1. The van der Waals surface area contributed by atoms with E-state index in [1.54, 1.807) is 32.3 Å². The summed E-state index contributed by atoms with van der Waals surface area (Å²) in [4.78, 5) is 10.3. The average molecular weight is 193 g/mol. The van der Waals surface area contributed by atoms with E-state index >= 15 is 0 Å². The van der Waals surface area contributed by atoms with Crippen molar-refractivity contribution in [2.75, 3.05) is 14.1 Å². The molecule has 1 radical (unpaired) electrons. The van der Waals surface area contributed by atoms with Crippen LogP contribution >= 0.6 is 0 Å². The SMILES string of the molecule is [CH-][N+](C)(C)Cc1ccccc1[N+](=O)[O-]. The molecule has 14 heavy (non-hydrogen) atoms. The van der Waals surface area contributed by atoms with Gasteiger partial charge in [0.1, 0.15) is 0 Å². The van der Waals surface area contributed by atoms with Gasteiger partial charge in [-0.3, -0.25) is 10.1 Å². The number of rotatable bonds is 3. The molecule has 0 heterocycles. The highest BCUT2D eigenvalue weighted by Crippen LogP contribution is 2.20. The van der Waals surface area contributed by atoms with Crippen LogP contribution in [-0.2, 0) is 6.54 Å². The average Bonchev–Trinajstić information content (AvgIpc) is 2.01. The molecule has 0 unspecified atom stereocenters. The van der Waals surface area contributed by atoms with Gasteiger partial charge in [-0.1, -0.05) is 12.1 Å². The van der Waals surface area contributed by atoms with Crippen molar-refractivity contribution in [2.45, 2.75) is 6.54 Å². The van der Waals surface area contributed by atoms with Crippen molar-refractivity contribution in [1.29, 1.82) is 0 Å². The van der Waals surface area contributed by atoms with Crippen molar-refractivity contribution in [2.24, 2.45) is 0 Å². The van der Waals surface area contributed by atoms with Gasteiger partial charge in [-0.15, -0.1) is 0 Å². The summed E-state index contributed by atoms with van der Waals surface area (Å²) in [5, 5.41) is 10.7. The zero-order valence-corrected chi connectivity index (χ0v) is 8.30. The Morgan fingerprint density at radius 3 is 2.50 bits per heavy atom. The monoisotopic (exact) mass is 193 g/mol. The molecule has 0 aromatic heterocycles. The van der Waals surface area contributed by atoms with Gasteiger partial charge >= 0.3 is 0 Å². The molecule has 0 N–H and O–H groups in total. The molecule has 75 valence electrons. The van der Waals surface area contributed by atoms with Crippen molar-refractivity contribution in [3.8, 4) is 0 Å². The van der Waals surface area contributed by atoms with E-state index in [1.807, 2.05) is 0 Å². The Balaban J connectivity index is 3.02. The Morgan fingerprint density at radius 2 is 2.00 bits per heavy atom. The van der Waals surface area contributed by atoms with Gasteiger partial charge in [-0.05, 0) is 6.07 Å². The molecule has 0 saturated heterocycles. The number of para-hydroxylation sites is 1. The van der Waals surface area contributed by atoms with Gasteiger partial charge in [-0.2, -0.15) is 0 Å². The first-order valence-electron chi connectivity index (χ1n) is 4.24. The molecule has 0 atom stereocenters. The molecule has 0 aliphatic rings. The highest BCUT2D eigenvalue weighted by molar-refractivity contribution is 5.39. The quantitative estimate of drug-likeness (QED) is 0.318. The summed E-state index contributed by atoms with van der Waals surface area (Å²) in [6.07, 6.45) is 0. The minimum absolute atomic E-state index is 0.129. The Kier molecular flexibility index (Phi) is 2.86. The summed E-state index contributed by atoms with van der Waals surface area (Å²) in [5.41, 5.74) is 0.786. The Morgan fingerprint density at radius 1 is 1.43 bits per heavy atom. The summed E-state index contributed by atoms with van der Waals surface area (Å²) < 4.78 is 0.185. The normalized spacial score (nSPS) is 11.4. The second-order valence-corrected chi connectivity index (χ2v) is 3.82. The maximum atomic E-state index is 10.7. The van der Waals surface area contributed by atoms with Crippen LogP contribution in [0.1, 0.15) is 5.56 Å². The lowest BCUT2D eigenvalue weighted by Crippen LogP contribution is -2.30. The number of benzene rings is 1. The summed E-state index contributed by atoms with van der Waals surface area (Å²) in [6, 6.07) is 6.64. The van der Waals surface area contributed by atoms with Crippen molar-refractivity contribution >= 4 is 5.69 Å². The third-order valence-electron chi connectivity index (χ3n) is 1.77. The lowest BCUT2D eigenvalue weighted by Gasteiger charge is -2.34. The van der Waals surface area contributed by atoms with Gasteiger partial charge in [-0.25, -0.2) is 7.05 Å². The van der Waals surface area contributed by atoms with Crippen LogP contribution in [0.2, 0.25) is 0 Å². The van der Waals surface area contributed by atoms with Crippen LogP contribution in [0.4, 0.5) is 5.69 Å². The zero-order chi connectivity index (χ0) is 10.8. The maximum Gasteiger partial charge on any atom is 0.278 e. The van der Waals surface area contributed by atoms with Crippen molar-refractivity contribution in [1.82, 2.24) is 0 Å². The number of nitrogens with zero attached hydrogens (tertiary/aromatic N) is 2. The minimum Gasteiger partial charge on any atom is -0.477 e. The molecule has 0 fully saturated rings.